The van der Waals surface area contributed by atoms with Crippen LogP contribution in [-0.4, -0.2) is 53.6 Å². The Bertz CT molecular complexity index is 612. The number of carboxylic acids is 1. The molecular formula is C20H31N3O3. The highest BCUT2D eigenvalue weighted by Crippen LogP contribution is 2.18. The summed E-state index contributed by atoms with van der Waals surface area (Å²) in [6.45, 7) is 7.78. The van der Waals surface area contributed by atoms with Crippen LogP contribution in [0.1, 0.15) is 37.8 Å². The van der Waals surface area contributed by atoms with E-state index in [0.717, 1.165) is 31.1 Å². The van der Waals surface area contributed by atoms with E-state index in [4.69, 9.17) is 5.11 Å². The number of aliphatic carboxylic acids is 1. The smallest absolute Gasteiger partial charge is 0.317 e. The van der Waals surface area contributed by atoms with Crippen LogP contribution in [0.15, 0.2) is 24.3 Å². The molecule has 0 aliphatic carbocycles. The minimum Gasteiger partial charge on any atom is -0.481 e. The maximum Gasteiger partial charge on any atom is 0.317 e. The third-order valence-electron chi connectivity index (χ3n) is 5.03. The minimum atomic E-state index is -0.899. The van der Waals surface area contributed by atoms with Crippen LogP contribution in [0.4, 0.5) is 4.79 Å². The molecule has 1 atom stereocenters. The van der Waals surface area contributed by atoms with E-state index >= 15 is 0 Å². The van der Waals surface area contributed by atoms with Crippen LogP contribution in [0, 0.1) is 11.8 Å². The van der Waals surface area contributed by atoms with Gasteiger partial charge in [0.25, 0.3) is 0 Å². The van der Waals surface area contributed by atoms with Crippen molar-refractivity contribution in [1.82, 2.24) is 15.1 Å². The summed E-state index contributed by atoms with van der Waals surface area (Å²) >= 11 is 0. The van der Waals surface area contributed by atoms with E-state index in [2.05, 4.69) is 29.3 Å². The van der Waals surface area contributed by atoms with E-state index in [1.807, 2.05) is 12.1 Å². The molecule has 0 radical (unpaired) electrons. The average Bonchev–Trinajstić information content (AvgIpc) is 2.61. The molecule has 2 N–H and O–H groups in total. The summed E-state index contributed by atoms with van der Waals surface area (Å²) in [6, 6.07) is 8.04. The second-order valence-electron chi connectivity index (χ2n) is 7.56. The predicted molar refractivity (Wildman–Crippen MR) is 102 cm³/mol. The van der Waals surface area contributed by atoms with E-state index in [1.165, 1.54) is 23.3 Å². The standard InChI is InChI=1S/C20H31N3O3/c1-15-7-9-23(10-8-15)14-18-6-4-5-17(11-18)12-21-20(26)22(3)13-16(2)19(24)25/h4-6,11,15-16H,7-10,12-14H2,1-3H3,(H,21,26)(H,24,25). The van der Waals surface area contributed by atoms with E-state index in [9.17, 15) is 9.59 Å². The highest BCUT2D eigenvalue weighted by Gasteiger charge is 2.18. The lowest BCUT2D eigenvalue weighted by Crippen LogP contribution is -2.40. The predicted octanol–water partition coefficient (Wildman–Crippen LogP) is 2.78. The van der Waals surface area contributed by atoms with Crippen LogP contribution < -0.4 is 5.32 Å². The normalized spacial score (nSPS) is 16.9. The van der Waals surface area contributed by atoms with Gasteiger partial charge in [-0.15, -0.1) is 0 Å². The van der Waals surface area contributed by atoms with Crippen molar-refractivity contribution >= 4 is 12.0 Å². The number of nitrogens with zero attached hydrogens (tertiary/aromatic N) is 2. The summed E-state index contributed by atoms with van der Waals surface area (Å²) in [5.41, 5.74) is 2.32. The van der Waals surface area contributed by atoms with Gasteiger partial charge in [0, 0.05) is 26.7 Å². The number of benzene rings is 1. The van der Waals surface area contributed by atoms with Crippen LogP contribution in [0.5, 0.6) is 0 Å². The molecule has 2 rings (SSSR count). The van der Waals surface area contributed by atoms with Gasteiger partial charge in [0.15, 0.2) is 0 Å². The van der Waals surface area contributed by atoms with Crippen molar-refractivity contribution < 1.29 is 14.7 Å². The second kappa shape index (κ2) is 9.57. The molecule has 1 aliphatic rings. The van der Waals surface area contributed by atoms with Crippen molar-refractivity contribution in [1.29, 1.82) is 0 Å². The molecule has 0 saturated carbocycles. The number of carbonyl (C=O) groups excluding carboxylic acids is 1. The number of hydrogen-bond acceptors (Lipinski definition) is 3. The Morgan fingerprint density at radius 1 is 1.31 bits per heavy atom. The van der Waals surface area contributed by atoms with E-state index < -0.39 is 11.9 Å². The van der Waals surface area contributed by atoms with Gasteiger partial charge in [-0.3, -0.25) is 9.69 Å². The van der Waals surface area contributed by atoms with Crippen LogP contribution in [0.25, 0.3) is 0 Å². The molecule has 1 unspecified atom stereocenters. The topological polar surface area (TPSA) is 72.9 Å². The van der Waals surface area contributed by atoms with Crippen LogP contribution in [0.2, 0.25) is 0 Å². The molecule has 0 spiro atoms. The molecule has 0 bridgehead atoms. The summed E-state index contributed by atoms with van der Waals surface area (Å²) in [5, 5.41) is 11.8. The Balaban J connectivity index is 1.82. The molecule has 6 nitrogen and oxygen atoms in total. The third-order valence-corrected chi connectivity index (χ3v) is 5.03. The molecule has 1 aromatic rings. The molecule has 1 aromatic carbocycles. The fourth-order valence-electron chi connectivity index (χ4n) is 3.20. The maximum absolute atomic E-state index is 12.1. The largest absolute Gasteiger partial charge is 0.481 e. The first-order chi connectivity index (χ1) is 12.3. The van der Waals surface area contributed by atoms with Gasteiger partial charge in [0.1, 0.15) is 0 Å². The van der Waals surface area contributed by atoms with Crippen LogP contribution in [-0.2, 0) is 17.9 Å². The highest BCUT2D eigenvalue weighted by atomic mass is 16.4. The molecular weight excluding hydrogens is 330 g/mol. The highest BCUT2D eigenvalue weighted by molar-refractivity contribution is 5.75. The molecule has 1 fully saturated rings. The van der Waals surface area contributed by atoms with Gasteiger partial charge < -0.3 is 15.3 Å². The first-order valence-corrected chi connectivity index (χ1v) is 9.37. The van der Waals surface area contributed by atoms with Crippen molar-refractivity contribution in [2.75, 3.05) is 26.7 Å². The van der Waals surface area contributed by atoms with Crippen molar-refractivity contribution in [3.05, 3.63) is 35.4 Å². The molecule has 0 aromatic heterocycles. The van der Waals surface area contributed by atoms with Gasteiger partial charge in [-0.2, -0.15) is 0 Å². The first-order valence-electron chi connectivity index (χ1n) is 9.37. The van der Waals surface area contributed by atoms with E-state index in [-0.39, 0.29) is 12.6 Å². The number of piperidine rings is 1. The Morgan fingerprint density at radius 3 is 2.62 bits per heavy atom. The van der Waals surface area contributed by atoms with Gasteiger partial charge in [-0.1, -0.05) is 38.1 Å². The SMILES string of the molecule is CC1CCN(Cc2cccc(CNC(=O)N(C)CC(C)C(=O)O)c2)CC1. The number of carbonyl (C=O) groups is 2. The number of nitrogens with one attached hydrogen (secondary N) is 1. The number of hydrogen-bond donors (Lipinski definition) is 2. The lowest BCUT2D eigenvalue weighted by atomic mass is 9.98. The number of carboxylic acid groups (broad SMARTS) is 1. The fraction of sp³-hybridized carbons (Fsp3) is 0.600. The summed E-state index contributed by atoms with van der Waals surface area (Å²) in [7, 11) is 1.61. The Hall–Kier alpha value is -2.08. The first kappa shape index (κ1) is 20.2. The van der Waals surface area contributed by atoms with Crippen LogP contribution >= 0.6 is 0 Å². The van der Waals surface area contributed by atoms with Crippen LogP contribution in [0.3, 0.4) is 0 Å². The lowest BCUT2D eigenvalue weighted by molar-refractivity contribution is -0.141. The van der Waals surface area contributed by atoms with E-state index in [0.29, 0.717) is 6.54 Å². The summed E-state index contributed by atoms with van der Waals surface area (Å²) in [4.78, 5) is 26.9. The van der Waals surface area contributed by atoms with Crippen molar-refractivity contribution in [2.45, 2.75) is 39.8 Å². The summed E-state index contributed by atoms with van der Waals surface area (Å²) < 4.78 is 0. The van der Waals surface area contributed by atoms with Crippen molar-refractivity contribution in [2.24, 2.45) is 11.8 Å². The van der Waals surface area contributed by atoms with Crippen molar-refractivity contribution in [3.63, 3.8) is 0 Å². The Morgan fingerprint density at radius 2 is 1.96 bits per heavy atom. The number of urea groups is 1. The average molecular weight is 361 g/mol. The molecule has 1 heterocycles. The molecule has 144 valence electrons. The van der Waals surface area contributed by atoms with Crippen molar-refractivity contribution in [3.8, 4) is 0 Å². The molecule has 6 heteroatoms. The zero-order chi connectivity index (χ0) is 19.1. The quantitative estimate of drug-likeness (QED) is 0.783. The molecule has 1 aliphatic heterocycles. The second-order valence-corrected chi connectivity index (χ2v) is 7.56. The monoisotopic (exact) mass is 361 g/mol. The Labute approximate surface area is 156 Å². The number of rotatable bonds is 7. The van der Waals surface area contributed by atoms with Gasteiger partial charge in [0.2, 0.25) is 0 Å². The summed E-state index contributed by atoms with van der Waals surface area (Å²) in [5.74, 6) is -0.653. The zero-order valence-corrected chi connectivity index (χ0v) is 16.1. The van der Waals surface area contributed by atoms with Gasteiger partial charge in [0.05, 0.1) is 5.92 Å². The van der Waals surface area contributed by atoms with E-state index in [1.54, 1.807) is 14.0 Å². The lowest BCUT2D eigenvalue weighted by Gasteiger charge is -2.30. The Kier molecular flexibility index (Phi) is 7.45. The molecule has 26 heavy (non-hydrogen) atoms. The maximum atomic E-state index is 12.1. The molecule has 1 saturated heterocycles. The van der Waals surface area contributed by atoms with Gasteiger partial charge >= 0.3 is 12.0 Å². The van der Waals surface area contributed by atoms with Gasteiger partial charge in [-0.25, -0.2) is 4.79 Å². The number of amides is 2. The minimum absolute atomic E-state index is 0.189. The summed E-state index contributed by atoms with van der Waals surface area (Å²) in [6.07, 6.45) is 2.52. The van der Waals surface area contributed by atoms with Gasteiger partial charge in [-0.05, 0) is 43.0 Å². The molecule has 2 amide bonds. The third kappa shape index (κ3) is 6.33. The zero-order valence-electron chi connectivity index (χ0n) is 16.1. The fourth-order valence-corrected chi connectivity index (χ4v) is 3.20. The number of likely N-dealkylation sites (tertiary alicyclic amines) is 1.